The van der Waals surface area contributed by atoms with Crippen LogP contribution in [0.25, 0.3) is 0 Å². The van der Waals surface area contributed by atoms with Gasteiger partial charge < -0.3 is 16.2 Å². The second-order valence-corrected chi connectivity index (χ2v) is 3.43. The molecule has 0 amide bonds. The van der Waals surface area contributed by atoms with Gasteiger partial charge in [-0.1, -0.05) is 0 Å². The van der Waals surface area contributed by atoms with Crippen molar-refractivity contribution in [2.75, 3.05) is 13.1 Å². The molecule has 0 radical (unpaired) electrons. The minimum atomic E-state index is -0.818. The van der Waals surface area contributed by atoms with E-state index >= 15 is 0 Å². The minimum absolute atomic E-state index is 0.0549. The topological polar surface area (TPSA) is 75.4 Å². The zero-order valence-electron chi connectivity index (χ0n) is 6.63. The zero-order chi connectivity index (χ0) is 8.48. The molecule has 1 unspecified atom stereocenters. The lowest BCUT2D eigenvalue weighted by molar-refractivity contribution is -0.138. The molecule has 1 saturated heterocycles. The second kappa shape index (κ2) is 2.79. The Hall–Kier alpha value is -0.610. The quantitative estimate of drug-likeness (QED) is 0.512. The number of hydrogen-bond donors (Lipinski definition) is 3. The molecule has 0 aromatic rings. The second-order valence-electron chi connectivity index (χ2n) is 3.43. The average Bonchev–Trinajstić information content (AvgIpc) is 1.50. The van der Waals surface area contributed by atoms with Crippen LogP contribution >= 0.6 is 0 Å². The Morgan fingerprint density at radius 3 is 2.64 bits per heavy atom. The van der Waals surface area contributed by atoms with Crippen LogP contribution in [0.3, 0.4) is 0 Å². The number of hydrogen-bond acceptors (Lipinski definition) is 3. The predicted octanol–water partition coefficient (Wildman–Crippen LogP) is -0.602. The molecule has 0 spiro atoms. The van der Waals surface area contributed by atoms with Crippen molar-refractivity contribution in [2.45, 2.75) is 18.9 Å². The van der Waals surface area contributed by atoms with Gasteiger partial charge in [0.25, 0.3) is 0 Å². The van der Waals surface area contributed by atoms with Crippen LogP contribution in [0.15, 0.2) is 0 Å². The van der Waals surface area contributed by atoms with E-state index in [1.165, 1.54) is 0 Å². The Labute approximate surface area is 65.8 Å². The maximum Gasteiger partial charge on any atom is 0.305 e. The van der Waals surface area contributed by atoms with Gasteiger partial charge in [0.05, 0.1) is 6.42 Å². The van der Waals surface area contributed by atoms with Gasteiger partial charge in [-0.3, -0.25) is 4.79 Å². The molecule has 4 heteroatoms. The van der Waals surface area contributed by atoms with Crippen LogP contribution in [0.5, 0.6) is 0 Å². The van der Waals surface area contributed by atoms with E-state index in [4.69, 9.17) is 10.8 Å². The van der Waals surface area contributed by atoms with Crippen LogP contribution in [0.2, 0.25) is 0 Å². The Morgan fingerprint density at radius 2 is 2.36 bits per heavy atom. The summed E-state index contributed by atoms with van der Waals surface area (Å²) in [7, 11) is 0. The van der Waals surface area contributed by atoms with E-state index in [1.54, 1.807) is 6.92 Å². The molecule has 1 heterocycles. The molecule has 4 nitrogen and oxygen atoms in total. The van der Waals surface area contributed by atoms with Gasteiger partial charge in [-0.2, -0.15) is 0 Å². The third-order valence-corrected chi connectivity index (χ3v) is 2.25. The summed E-state index contributed by atoms with van der Waals surface area (Å²) in [5.74, 6) is -0.500. The Kier molecular flexibility index (Phi) is 2.15. The highest BCUT2D eigenvalue weighted by atomic mass is 16.4. The van der Waals surface area contributed by atoms with E-state index in [9.17, 15) is 4.79 Å². The summed E-state index contributed by atoms with van der Waals surface area (Å²) < 4.78 is 0. The van der Waals surface area contributed by atoms with E-state index in [-0.39, 0.29) is 6.42 Å². The number of carboxylic acid groups (broad SMARTS) is 1. The van der Waals surface area contributed by atoms with Crippen LogP contribution < -0.4 is 11.1 Å². The molecule has 0 aromatic heterocycles. The van der Waals surface area contributed by atoms with Crippen molar-refractivity contribution in [3.8, 4) is 0 Å². The van der Waals surface area contributed by atoms with Crippen molar-refractivity contribution in [2.24, 2.45) is 11.7 Å². The van der Waals surface area contributed by atoms with Crippen molar-refractivity contribution >= 4 is 5.97 Å². The van der Waals surface area contributed by atoms with E-state index in [0.717, 1.165) is 13.1 Å². The fourth-order valence-electron chi connectivity index (χ4n) is 1.23. The minimum Gasteiger partial charge on any atom is -0.481 e. The average molecular weight is 158 g/mol. The number of nitrogens with two attached hydrogens (primary N) is 1. The number of rotatable bonds is 3. The van der Waals surface area contributed by atoms with E-state index in [0.29, 0.717) is 5.92 Å². The molecule has 4 N–H and O–H groups in total. The number of carbonyl (C=O) groups is 1. The largest absolute Gasteiger partial charge is 0.481 e. The highest BCUT2D eigenvalue weighted by Crippen LogP contribution is 2.21. The molecule has 1 aliphatic rings. The molecule has 64 valence electrons. The predicted molar refractivity (Wildman–Crippen MR) is 41.2 cm³/mol. The molecule has 0 saturated carbocycles. The summed E-state index contributed by atoms with van der Waals surface area (Å²) >= 11 is 0. The lowest BCUT2D eigenvalue weighted by Crippen LogP contribution is -2.59. The Bertz CT molecular complexity index is 164. The normalized spacial score (nSPS) is 23.8. The number of nitrogens with one attached hydrogen (secondary N) is 1. The van der Waals surface area contributed by atoms with Crippen molar-refractivity contribution in [3.05, 3.63) is 0 Å². The van der Waals surface area contributed by atoms with Gasteiger partial charge in [-0.25, -0.2) is 0 Å². The van der Waals surface area contributed by atoms with E-state index in [2.05, 4.69) is 5.32 Å². The summed E-state index contributed by atoms with van der Waals surface area (Å²) in [6.07, 6.45) is 0.0549. The standard InChI is InChI=1S/C7H14N2O2/c1-7(8,2-6(10)11)5-3-9-4-5/h5,9H,2-4,8H2,1H3,(H,10,11). The molecular formula is C7H14N2O2. The van der Waals surface area contributed by atoms with Gasteiger partial charge in [0.1, 0.15) is 0 Å². The number of carboxylic acids is 1. The maximum atomic E-state index is 10.4. The summed E-state index contributed by atoms with van der Waals surface area (Å²) in [5, 5.41) is 11.6. The third-order valence-electron chi connectivity index (χ3n) is 2.25. The smallest absolute Gasteiger partial charge is 0.305 e. The summed E-state index contributed by atoms with van der Waals surface area (Å²) in [4.78, 5) is 10.4. The molecule has 11 heavy (non-hydrogen) atoms. The van der Waals surface area contributed by atoms with Crippen molar-refractivity contribution < 1.29 is 9.90 Å². The Balaban J connectivity index is 2.43. The van der Waals surface area contributed by atoms with Gasteiger partial charge in [-0.05, 0) is 6.92 Å². The summed E-state index contributed by atoms with van der Waals surface area (Å²) in [6.45, 7) is 3.49. The molecule has 1 fully saturated rings. The molecule has 1 rings (SSSR count). The fraction of sp³-hybridized carbons (Fsp3) is 0.857. The molecule has 1 atom stereocenters. The van der Waals surface area contributed by atoms with Gasteiger partial charge in [0, 0.05) is 24.5 Å². The Morgan fingerprint density at radius 1 is 1.82 bits per heavy atom. The van der Waals surface area contributed by atoms with Crippen molar-refractivity contribution in [1.82, 2.24) is 5.32 Å². The van der Waals surface area contributed by atoms with Gasteiger partial charge in [0.2, 0.25) is 0 Å². The summed E-state index contributed by atoms with van der Waals surface area (Å²) in [6, 6.07) is 0. The maximum absolute atomic E-state index is 10.4. The molecule has 0 bridgehead atoms. The zero-order valence-corrected chi connectivity index (χ0v) is 6.63. The van der Waals surface area contributed by atoms with Crippen LogP contribution in [-0.4, -0.2) is 29.7 Å². The highest BCUT2D eigenvalue weighted by molar-refractivity contribution is 5.68. The molecule has 0 aliphatic carbocycles. The van der Waals surface area contributed by atoms with Crippen molar-refractivity contribution in [1.29, 1.82) is 0 Å². The van der Waals surface area contributed by atoms with Crippen LogP contribution in [0.1, 0.15) is 13.3 Å². The first-order valence-electron chi connectivity index (χ1n) is 3.74. The van der Waals surface area contributed by atoms with Crippen molar-refractivity contribution in [3.63, 3.8) is 0 Å². The van der Waals surface area contributed by atoms with Crippen LogP contribution in [0, 0.1) is 5.92 Å². The van der Waals surface area contributed by atoms with E-state index in [1.807, 2.05) is 0 Å². The lowest BCUT2D eigenvalue weighted by atomic mass is 9.80. The third kappa shape index (κ3) is 1.91. The van der Waals surface area contributed by atoms with Crippen LogP contribution in [0.4, 0.5) is 0 Å². The fourth-order valence-corrected chi connectivity index (χ4v) is 1.23. The number of aliphatic carboxylic acids is 1. The first kappa shape index (κ1) is 8.49. The SMILES string of the molecule is CC(N)(CC(=O)O)C1CNC1. The van der Waals surface area contributed by atoms with Gasteiger partial charge in [0.15, 0.2) is 0 Å². The van der Waals surface area contributed by atoms with E-state index < -0.39 is 11.5 Å². The molecule has 1 aliphatic heterocycles. The molecule has 0 aromatic carbocycles. The lowest BCUT2D eigenvalue weighted by Gasteiger charge is -2.39. The first-order valence-corrected chi connectivity index (χ1v) is 3.74. The monoisotopic (exact) mass is 158 g/mol. The highest BCUT2D eigenvalue weighted by Gasteiger charge is 2.35. The summed E-state index contributed by atoms with van der Waals surface area (Å²) in [5.41, 5.74) is 5.26. The van der Waals surface area contributed by atoms with Crippen LogP contribution in [-0.2, 0) is 4.79 Å². The van der Waals surface area contributed by atoms with Gasteiger partial charge in [-0.15, -0.1) is 0 Å². The van der Waals surface area contributed by atoms with Gasteiger partial charge >= 0.3 is 5.97 Å². The molecular weight excluding hydrogens is 144 g/mol. The first-order chi connectivity index (χ1) is 5.02.